The molecule has 0 spiro atoms. The smallest absolute Gasteiger partial charge is 0.0897 e. The van der Waals surface area contributed by atoms with E-state index in [0.29, 0.717) is 25.1 Å². The Labute approximate surface area is 112 Å². The van der Waals surface area contributed by atoms with Crippen LogP contribution in [0.2, 0.25) is 0 Å². The molecule has 1 fully saturated rings. The summed E-state index contributed by atoms with van der Waals surface area (Å²) in [7, 11) is 2.19. The number of likely N-dealkylation sites (tertiary alicyclic amines) is 1. The highest BCUT2D eigenvalue weighted by atomic mass is 16.5. The van der Waals surface area contributed by atoms with Gasteiger partial charge in [-0.15, -0.1) is 0 Å². The standard InChI is InChI=1S/C14H30N2O2/c1-12(2)10-18-11-14(17)9-15-8-13-6-4-5-7-16(13)3/h12-15,17H,4-11H2,1-3H3. The van der Waals surface area contributed by atoms with Gasteiger partial charge in [-0.1, -0.05) is 20.3 Å². The normalized spacial score (nSPS) is 23.5. The highest BCUT2D eigenvalue weighted by Gasteiger charge is 2.18. The van der Waals surface area contributed by atoms with Gasteiger partial charge in [0.05, 0.1) is 12.7 Å². The molecule has 1 rings (SSSR count). The number of likely N-dealkylation sites (N-methyl/N-ethyl adjacent to an activating group) is 1. The number of hydrogen-bond acceptors (Lipinski definition) is 4. The molecule has 1 heterocycles. The molecule has 0 aromatic carbocycles. The first-order valence-corrected chi connectivity index (χ1v) is 7.26. The summed E-state index contributed by atoms with van der Waals surface area (Å²) in [6.07, 6.45) is 3.52. The number of nitrogens with zero attached hydrogens (tertiary/aromatic N) is 1. The van der Waals surface area contributed by atoms with Crippen molar-refractivity contribution in [3.05, 3.63) is 0 Å². The first-order chi connectivity index (χ1) is 8.59. The third-order valence-electron chi connectivity index (χ3n) is 3.44. The Hall–Kier alpha value is -0.160. The monoisotopic (exact) mass is 258 g/mol. The minimum Gasteiger partial charge on any atom is -0.389 e. The maximum absolute atomic E-state index is 9.76. The molecule has 4 heteroatoms. The molecule has 0 aromatic rings. The summed E-state index contributed by atoms with van der Waals surface area (Å²) >= 11 is 0. The number of nitrogens with one attached hydrogen (secondary N) is 1. The van der Waals surface area contributed by atoms with E-state index in [9.17, 15) is 5.11 Å². The fourth-order valence-corrected chi connectivity index (χ4v) is 2.32. The van der Waals surface area contributed by atoms with E-state index in [1.165, 1.54) is 25.8 Å². The quantitative estimate of drug-likeness (QED) is 0.684. The second-order valence-corrected chi connectivity index (χ2v) is 5.87. The lowest BCUT2D eigenvalue weighted by molar-refractivity contribution is 0.0252. The third-order valence-corrected chi connectivity index (χ3v) is 3.44. The lowest BCUT2D eigenvalue weighted by Crippen LogP contribution is -2.45. The number of piperidine rings is 1. The molecule has 0 aliphatic carbocycles. The summed E-state index contributed by atoms with van der Waals surface area (Å²) < 4.78 is 5.42. The largest absolute Gasteiger partial charge is 0.389 e. The summed E-state index contributed by atoms with van der Waals surface area (Å²) in [5.41, 5.74) is 0. The van der Waals surface area contributed by atoms with E-state index in [1.54, 1.807) is 0 Å². The second-order valence-electron chi connectivity index (χ2n) is 5.87. The predicted molar refractivity (Wildman–Crippen MR) is 74.8 cm³/mol. The van der Waals surface area contributed by atoms with Crippen molar-refractivity contribution in [2.75, 3.05) is 39.9 Å². The average Bonchev–Trinajstić information content (AvgIpc) is 2.31. The van der Waals surface area contributed by atoms with Crippen LogP contribution in [0.15, 0.2) is 0 Å². The Kier molecular flexibility index (Phi) is 7.82. The number of rotatable bonds is 8. The number of ether oxygens (including phenoxy) is 1. The predicted octanol–water partition coefficient (Wildman–Crippen LogP) is 1.09. The van der Waals surface area contributed by atoms with Crippen molar-refractivity contribution in [2.45, 2.75) is 45.3 Å². The molecule has 108 valence electrons. The SMILES string of the molecule is CC(C)COCC(O)CNCC1CCCCN1C. The van der Waals surface area contributed by atoms with Crippen molar-refractivity contribution in [1.29, 1.82) is 0 Å². The first kappa shape index (κ1) is 15.9. The summed E-state index contributed by atoms with van der Waals surface area (Å²) in [6.45, 7) is 8.19. The van der Waals surface area contributed by atoms with Crippen LogP contribution in [0.25, 0.3) is 0 Å². The minimum absolute atomic E-state index is 0.391. The summed E-state index contributed by atoms with van der Waals surface area (Å²) in [5.74, 6) is 0.529. The fourth-order valence-electron chi connectivity index (χ4n) is 2.32. The molecule has 0 saturated carbocycles. The highest BCUT2D eigenvalue weighted by molar-refractivity contribution is 4.76. The van der Waals surface area contributed by atoms with E-state index in [-0.39, 0.29) is 0 Å². The van der Waals surface area contributed by atoms with Crippen LogP contribution < -0.4 is 5.32 Å². The van der Waals surface area contributed by atoms with E-state index in [2.05, 4.69) is 31.1 Å². The van der Waals surface area contributed by atoms with Crippen LogP contribution in [0.1, 0.15) is 33.1 Å². The van der Waals surface area contributed by atoms with Crippen LogP contribution >= 0.6 is 0 Å². The maximum Gasteiger partial charge on any atom is 0.0897 e. The van der Waals surface area contributed by atoms with E-state index >= 15 is 0 Å². The molecule has 1 saturated heterocycles. The van der Waals surface area contributed by atoms with Gasteiger partial charge in [-0.3, -0.25) is 0 Å². The Morgan fingerprint density at radius 3 is 2.78 bits per heavy atom. The molecular weight excluding hydrogens is 228 g/mol. The minimum atomic E-state index is -0.391. The molecule has 2 N–H and O–H groups in total. The van der Waals surface area contributed by atoms with Crippen LogP contribution in [-0.4, -0.2) is 62.0 Å². The molecular formula is C14H30N2O2. The number of hydrogen-bond donors (Lipinski definition) is 2. The molecule has 0 bridgehead atoms. The molecule has 4 nitrogen and oxygen atoms in total. The van der Waals surface area contributed by atoms with Gasteiger partial charge in [0.15, 0.2) is 0 Å². The summed E-state index contributed by atoms with van der Waals surface area (Å²) in [6, 6.07) is 0.627. The number of aliphatic hydroxyl groups excluding tert-OH is 1. The molecule has 0 amide bonds. The second kappa shape index (κ2) is 8.86. The van der Waals surface area contributed by atoms with Crippen LogP contribution in [-0.2, 0) is 4.74 Å². The van der Waals surface area contributed by atoms with Gasteiger partial charge >= 0.3 is 0 Å². The van der Waals surface area contributed by atoms with E-state index in [4.69, 9.17) is 4.74 Å². The van der Waals surface area contributed by atoms with Crippen molar-refractivity contribution < 1.29 is 9.84 Å². The maximum atomic E-state index is 9.76. The van der Waals surface area contributed by atoms with Crippen molar-refractivity contribution >= 4 is 0 Å². The van der Waals surface area contributed by atoms with Gasteiger partial charge in [0, 0.05) is 25.7 Å². The van der Waals surface area contributed by atoms with E-state index in [1.807, 2.05) is 0 Å². The molecule has 18 heavy (non-hydrogen) atoms. The zero-order valence-electron chi connectivity index (χ0n) is 12.2. The van der Waals surface area contributed by atoms with Crippen molar-refractivity contribution in [3.8, 4) is 0 Å². The topological polar surface area (TPSA) is 44.7 Å². The van der Waals surface area contributed by atoms with Gasteiger partial charge in [-0.2, -0.15) is 0 Å². The Bertz CT molecular complexity index is 212. The third kappa shape index (κ3) is 6.69. The van der Waals surface area contributed by atoms with Crippen molar-refractivity contribution in [3.63, 3.8) is 0 Å². The average molecular weight is 258 g/mol. The van der Waals surface area contributed by atoms with Gasteiger partial charge < -0.3 is 20.1 Å². The van der Waals surface area contributed by atoms with Crippen LogP contribution in [0.5, 0.6) is 0 Å². The molecule has 2 unspecified atom stereocenters. The van der Waals surface area contributed by atoms with Gasteiger partial charge in [0.1, 0.15) is 0 Å². The zero-order valence-corrected chi connectivity index (χ0v) is 12.2. The van der Waals surface area contributed by atoms with E-state index < -0.39 is 6.10 Å². The summed E-state index contributed by atoms with van der Waals surface area (Å²) in [5, 5.41) is 13.1. The van der Waals surface area contributed by atoms with E-state index in [0.717, 1.165) is 13.2 Å². The Morgan fingerprint density at radius 2 is 2.11 bits per heavy atom. The van der Waals surface area contributed by atoms with Crippen LogP contribution in [0, 0.1) is 5.92 Å². The lowest BCUT2D eigenvalue weighted by atomic mass is 10.0. The van der Waals surface area contributed by atoms with Gasteiger partial charge in [-0.25, -0.2) is 0 Å². The molecule has 2 atom stereocenters. The lowest BCUT2D eigenvalue weighted by Gasteiger charge is -2.32. The van der Waals surface area contributed by atoms with Gasteiger partial charge in [0.25, 0.3) is 0 Å². The Balaban J connectivity index is 2.02. The molecule has 0 radical (unpaired) electrons. The van der Waals surface area contributed by atoms with Crippen LogP contribution in [0.4, 0.5) is 0 Å². The van der Waals surface area contributed by atoms with Crippen LogP contribution in [0.3, 0.4) is 0 Å². The summed E-state index contributed by atoms with van der Waals surface area (Å²) in [4.78, 5) is 2.41. The van der Waals surface area contributed by atoms with Crippen molar-refractivity contribution in [2.24, 2.45) is 5.92 Å². The first-order valence-electron chi connectivity index (χ1n) is 7.26. The Morgan fingerprint density at radius 1 is 1.33 bits per heavy atom. The number of aliphatic hydroxyl groups is 1. The van der Waals surface area contributed by atoms with Gasteiger partial charge in [-0.05, 0) is 32.4 Å². The highest BCUT2D eigenvalue weighted by Crippen LogP contribution is 2.13. The van der Waals surface area contributed by atoms with Crippen molar-refractivity contribution in [1.82, 2.24) is 10.2 Å². The molecule has 0 aromatic heterocycles. The molecule has 1 aliphatic heterocycles. The zero-order chi connectivity index (χ0) is 13.4. The van der Waals surface area contributed by atoms with Gasteiger partial charge in [0.2, 0.25) is 0 Å². The fraction of sp³-hybridized carbons (Fsp3) is 1.00. The molecule has 1 aliphatic rings.